The van der Waals surface area contributed by atoms with Crippen LogP contribution in [0.2, 0.25) is 0 Å². The molecule has 0 bridgehead atoms. The van der Waals surface area contributed by atoms with Gasteiger partial charge in [0.2, 0.25) is 0 Å². The Morgan fingerprint density at radius 3 is 2.39 bits per heavy atom. The van der Waals surface area contributed by atoms with E-state index in [9.17, 15) is 4.79 Å². The minimum absolute atomic E-state index is 0.415. The molecule has 1 fully saturated rings. The number of ketones is 1. The summed E-state index contributed by atoms with van der Waals surface area (Å²) in [6, 6.07) is 6.06. The van der Waals surface area contributed by atoms with Crippen LogP contribution in [0, 0.1) is 5.92 Å². The fraction of sp³-hybridized carbons (Fsp3) is 0.533. The fourth-order valence-corrected chi connectivity index (χ4v) is 2.54. The summed E-state index contributed by atoms with van der Waals surface area (Å²) in [7, 11) is 3.30. The van der Waals surface area contributed by atoms with E-state index in [0.29, 0.717) is 11.7 Å². The number of methoxy groups -OCH3 is 2. The van der Waals surface area contributed by atoms with E-state index in [-0.39, 0.29) is 0 Å². The van der Waals surface area contributed by atoms with E-state index >= 15 is 0 Å². The average molecular weight is 248 g/mol. The molecule has 1 aromatic rings. The van der Waals surface area contributed by atoms with Crippen LogP contribution in [0.1, 0.15) is 31.2 Å². The summed E-state index contributed by atoms with van der Waals surface area (Å²) >= 11 is 0. The van der Waals surface area contributed by atoms with Crippen LogP contribution in [0.3, 0.4) is 0 Å². The SMILES string of the molecule is COc1ccc(CC2CCC(=O)CC2)cc1OC. The van der Waals surface area contributed by atoms with Gasteiger partial charge in [0.15, 0.2) is 11.5 Å². The van der Waals surface area contributed by atoms with Gasteiger partial charge in [-0.25, -0.2) is 0 Å². The first-order valence-corrected chi connectivity index (χ1v) is 6.45. The van der Waals surface area contributed by atoms with Gasteiger partial charge < -0.3 is 9.47 Å². The molecule has 0 N–H and O–H groups in total. The first-order valence-electron chi connectivity index (χ1n) is 6.45. The summed E-state index contributed by atoms with van der Waals surface area (Å²) in [4.78, 5) is 11.2. The van der Waals surface area contributed by atoms with Crippen LogP contribution < -0.4 is 9.47 Å². The zero-order chi connectivity index (χ0) is 13.0. The van der Waals surface area contributed by atoms with Crippen LogP contribution in [0.15, 0.2) is 18.2 Å². The predicted octanol–water partition coefficient (Wildman–Crippen LogP) is 3.01. The number of carbonyl (C=O) groups excluding carboxylic acids is 1. The average Bonchev–Trinajstić information content (AvgIpc) is 2.41. The molecule has 2 rings (SSSR count). The van der Waals surface area contributed by atoms with Gasteiger partial charge in [-0.15, -0.1) is 0 Å². The predicted molar refractivity (Wildman–Crippen MR) is 70.2 cm³/mol. The van der Waals surface area contributed by atoms with E-state index in [1.165, 1.54) is 5.56 Å². The lowest BCUT2D eigenvalue weighted by molar-refractivity contribution is -0.121. The van der Waals surface area contributed by atoms with E-state index in [1.54, 1.807) is 14.2 Å². The van der Waals surface area contributed by atoms with Gasteiger partial charge in [-0.1, -0.05) is 6.07 Å². The molecule has 98 valence electrons. The summed E-state index contributed by atoms with van der Waals surface area (Å²) in [6.07, 6.45) is 4.56. The Balaban J connectivity index is 2.03. The third-order valence-corrected chi connectivity index (χ3v) is 3.64. The Morgan fingerprint density at radius 1 is 1.11 bits per heavy atom. The van der Waals surface area contributed by atoms with Crippen molar-refractivity contribution in [2.75, 3.05) is 14.2 Å². The summed E-state index contributed by atoms with van der Waals surface area (Å²) in [5, 5.41) is 0. The molecule has 1 aliphatic carbocycles. The van der Waals surface area contributed by atoms with E-state index in [2.05, 4.69) is 6.07 Å². The molecule has 0 amide bonds. The second kappa shape index (κ2) is 5.89. The summed E-state index contributed by atoms with van der Waals surface area (Å²) in [5.74, 6) is 2.58. The highest BCUT2D eigenvalue weighted by atomic mass is 16.5. The third kappa shape index (κ3) is 3.03. The van der Waals surface area contributed by atoms with Crippen molar-refractivity contribution in [1.82, 2.24) is 0 Å². The lowest BCUT2D eigenvalue weighted by Crippen LogP contribution is -2.15. The van der Waals surface area contributed by atoms with Crippen molar-refractivity contribution in [2.24, 2.45) is 5.92 Å². The van der Waals surface area contributed by atoms with Gasteiger partial charge >= 0.3 is 0 Å². The van der Waals surface area contributed by atoms with Crippen LogP contribution in [0.5, 0.6) is 11.5 Å². The van der Waals surface area contributed by atoms with Crippen LogP contribution in [0.4, 0.5) is 0 Å². The van der Waals surface area contributed by atoms with Crippen LogP contribution in [0.25, 0.3) is 0 Å². The molecule has 3 heteroatoms. The van der Waals surface area contributed by atoms with Crippen LogP contribution >= 0.6 is 0 Å². The number of Topliss-reactive ketones (excluding diaryl/α,β-unsaturated/α-hetero) is 1. The summed E-state index contributed by atoms with van der Waals surface area (Å²) in [6.45, 7) is 0. The molecule has 0 aliphatic heterocycles. The maximum atomic E-state index is 11.2. The molecular weight excluding hydrogens is 228 g/mol. The Kier molecular flexibility index (Phi) is 4.24. The zero-order valence-corrected chi connectivity index (χ0v) is 11.1. The van der Waals surface area contributed by atoms with E-state index in [1.807, 2.05) is 12.1 Å². The first kappa shape index (κ1) is 12.9. The van der Waals surface area contributed by atoms with E-state index in [0.717, 1.165) is 43.6 Å². The molecule has 0 unspecified atom stereocenters. The Bertz CT molecular complexity index is 416. The monoisotopic (exact) mass is 248 g/mol. The number of ether oxygens (including phenoxy) is 2. The first-order chi connectivity index (χ1) is 8.72. The second-order valence-corrected chi connectivity index (χ2v) is 4.88. The van der Waals surface area contributed by atoms with E-state index < -0.39 is 0 Å². The van der Waals surface area contributed by atoms with Gasteiger partial charge in [-0.05, 0) is 42.9 Å². The number of carbonyl (C=O) groups is 1. The number of benzene rings is 1. The zero-order valence-electron chi connectivity index (χ0n) is 11.1. The minimum atomic E-state index is 0.415. The Morgan fingerprint density at radius 2 is 1.78 bits per heavy atom. The molecule has 1 saturated carbocycles. The largest absolute Gasteiger partial charge is 0.493 e. The quantitative estimate of drug-likeness (QED) is 0.821. The number of hydrogen-bond donors (Lipinski definition) is 0. The van der Waals surface area contributed by atoms with Crippen LogP contribution in [-0.2, 0) is 11.2 Å². The fourth-order valence-electron chi connectivity index (χ4n) is 2.54. The van der Waals surface area contributed by atoms with E-state index in [4.69, 9.17) is 9.47 Å². The Labute approximate surface area is 108 Å². The maximum Gasteiger partial charge on any atom is 0.160 e. The van der Waals surface area contributed by atoms with Crippen molar-refractivity contribution in [3.63, 3.8) is 0 Å². The summed E-state index contributed by atoms with van der Waals surface area (Å²) in [5.41, 5.74) is 1.26. The van der Waals surface area contributed by atoms with Crippen molar-refractivity contribution in [2.45, 2.75) is 32.1 Å². The summed E-state index contributed by atoms with van der Waals surface area (Å²) < 4.78 is 10.5. The molecule has 0 saturated heterocycles. The second-order valence-electron chi connectivity index (χ2n) is 4.88. The third-order valence-electron chi connectivity index (χ3n) is 3.64. The normalized spacial score (nSPS) is 16.7. The topological polar surface area (TPSA) is 35.5 Å². The van der Waals surface area contributed by atoms with Crippen LogP contribution in [-0.4, -0.2) is 20.0 Å². The molecule has 1 aromatic carbocycles. The van der Waals surface area contributed by atoms with Gasteiger partial charge in [0.05, 0.1) is 14.2 Å². The molecule has 0 aromatic heterocycles. The molecular formula is C15H20O3. The molecule has 1 aliphatic rings. The maximum absolute atomic E-state index is 11.2. The molecule has 0 radical (unpaired) electrons. The lowest BCUT2D eigenvalue weighted by atomic mass is 9.84. The van der Waals surface area contributed by atoms with Crippen molar-refractivity contribution in [3.05, 3.63) is 23.8 Å². The molecule has 18 heavy (non-hydrogen) atoms. The highest BCUT2D eigenvalue weighted by Crippen LogP contribution is 2.31. The van der Waals surface area contributed by atoms with Gasteiger partial charge in [-0.2, -0.15) is 0 Å². The standard InChI is InChI=1S/C15H20O3/c1-17-14-8-5-12(10-15(14)18-2)9-11-3-6-13(16)7-4-11/h5,8,10-11H,3-4,6-7,9H2,1-2H3. The highest BCUT2D eigenvalue weighted by Gasteiger charge is 2.19. The number of hydrogen-bond acceptors (Lipinski definition) is 3. The highest BCUT2D eigenvalue weighted by molar-refractivity contribution is 5.79. The van der Waals surface area contributed by atoms with Gasteiger partial charge in [-0.3, -0.25) is 4.79 Å². The van der Waals surface area contributed by atoms with Crippen molar-refractivity contribution < 1.29 is 14.3 Å². The molecule has 3 nitrogen and oxygen atoms in total. The smallest absolute Gasteiger partial charge is 0.160 e. The molecule has 0 spiro atoms. The van der Waals surface area contributed by atoms with Crippen molar-refractivity contribution in [3.8, 4) is 11.5 Å². The number of rotatable bonds is 4. The van der Waals surface area contributed by atoms with Gasteiger partial charge in [0, 0.05) is 12.8 Å². The Hall–Kier alpha value is -1.51. The molecule has 0 atom stereocenters. The van der Waals surface area contributed by atoms with Gasteiger partial charge in [0.25, 0.3) is 0 Å². The lowest BCUT2D eigenvalue weighted by Gasteiger charge is -2.21. The van der Waals surface area contributed by atoms with Gasteiger partial charge in [0.1, 0.15) is 5.78 Å². The van der Waals surface area contributed by atoms with Crippen molar-refractivity contribution >= 4 is 5.78 Å². The molecule has 0 heterocycles. The minimum Gasteiger partial charge on any atom is -0.493 e. The van der Waals surface area contributed by atoms with Crippen molar-refractivity contribution in [1.29, 1.82) is 0 Å².